The fraction of sp³-hybridized carbons (Fsp3) is 0.793. The number of benzene rings is 2. The van der Waals surface area contributed by atoms with Crippen molar-refractivity contribution in [1.82, 2.24) is 0 Å². The molecular weight excluding hydrogens is 1320 g/mol. The maximum atomic E-state index is 12.8. The molecule has 2 aromatic carbocycles. The molecule has 9 unspecified atom stereocenters. The van der Waals surface area contributed by atoms with Gasteiger partial charge in [0, 0.05) is 25.2 Å². The first kappa shape index (κ1) is 85.8. The quantitative estimate of drug-likeness (QED) is 0.0469. The van der Waals surface area contributed by atoms with Crippen molar-refractivity contribution < 1.29 is 82.7 Å². The summed E-state index contributed by atoms with van der Waals surface area (Å²) in [5.74, 6) is 4.77. The highest BCUT2D eigenvalue weighted by Gasteiger charge is 2.65. The first-order valence-electron chi connectivity index (χ1n) is 40.4. The van der Waals surface area contributed by atoms with Crippen LogP contribution in [0.15, 0.2) is 42.5 Å². The lowest BCUT2D eigenvalue weighted by molar-refractivity contribution is -0.264. The van der Waals surface area contributed by atoms with E-state index >= 15 is 0 Å². The van der Waals surface area contributed by atoms with Crippen molar-refractivity contribution in [2.24, 2.45) is 80.8 Å². The van der Waals surface area contributed by atoms with E-state index < -0.39 is 45.7 Å². The molecule has 11 aliphatic carbocycles. The lowest BCUT2D eigenvalue weighted by Crippen LogP contribution is -2.67. The summed E-state index contributed by atoms with van der Waals surface area (Å²) in [4.78, 5) is 73.4. The number of hydrogen-bond acceptors (Lipinski definition) is 17. The van der Waals surface area contributed by atoms with E-state index in [-0.39, 0.29) is 87.9 Å². The number of aliphatic hydroxyl groups is 2. The van der Waals surface area contributed by atoms with Crippen molar-refractivity contribution in [2.75, 3.05) is 6.61 Å². The van der Waals surface area contributed by atoms with Crippen LogP contribution in [0.2, 0.25) is 0 Å². The van der Waals surface area contributed by atoms with Crippen LogP contribution in [-0.4, -0.2) is 108 Å². The van der Waals surface area contributed by atoms with Gasteiger partial charge in [-0.25, -0.2) is 4.79 Å². The Morgan fingerprint density at radius 3 is 1.46 bits per heavy atom. The van der Waals surface area contributed by atoms with Crippen LogP contribution < -0.4 is 0 Å². The van der Waals surface area contributed by atoms with E-state index in [0.717, 1.165) is 107 Å². The van der Waals surface area contributed by atoms with Gasteiger partial charge in [0.2, 0.25) is 0 Å². The highest BCUT2D eigenvalue weighted by Crippen LogP contribution is 2.63. The zero-order valence-corrected chi connectivity index (χ0v) is 67.6. The molecule has 5 N–H and O–H groups in total. The highest BCUT2D eigenvalue weighted by atomic mass is 16.6. The van der Waals surface area contributed by atoms with Crippen molar-refractivity contribution in [3.63, 3.8) is 0 Å². The molecule has 12 bridgehead atoms. The van der Waals surface area contributed by atoms with Gasteiger partial charge in [0.15, 0.2) is 18.1 Å². The molecule has 17 heteroatoms. The topological polar surface area (TPSA) is 259 Å². The molecule has 104 heavy (non-hydrogen) atoms. The summed E-state index contributed by atoms with van der Waals surface area (Å²) >= 11 is 0. The van der Waals surface area contributed by atoms with E-state index in [1.807, 2.05) is 80.5 Å². The largest absolute Gasteiger partial charge is 0.508 e. The third-order valence-corrected chi connectivity index (χ3v) is 27.1. The van der Waals surface area contributed by atoms with Crippen LogP contribution in [0.4, 0.5) is 0 Å². The first-order valence-corrected chi connectivity index (χ1v) is 40.4. The van der Waals surface area contributed by atoms with Crippen molar-refractivity contribution in [1.29, 1.82) is 0 Å². The molecule has 9 atom stereocenters. The number of rotatable bonds is 20. The maximum Gasteiger partial charge on any atom is 0.344 e. The Balaban J connectivity index is 0.000000178. The normalized spacial score (nSPS) is 31.2. The molecule has 0 aromatic heterocycles. The molecule has 0 spiro atoms. The minimum atomic E-state index is -0.842. The number of aromatic hydroxyl groups is 3. The van der Waals surface area contributed by atoms with Gasteiger partial charge in [-0.2, -0.15) is 0 Å². The molecule has 13 aliphatic rings. The number of ether oxygens (including phenoxy) is 6. The third kappa shape index (κ3) is 20.5. The zero-order valence-electron chi connectivity index (χ0n) is 67.6. The number of phenolic OH excluding ortho intramolecular Hbond substituents is 3. The van der Waals surface area contributed by atoms with Gasteiger partial charge >= 0.3 is 35.8 Å². The van der Waals surface area contributed by atoms with Crippen LogP contribution in [0.5, 0.6) is 17.2 Å². The van der Waals surface area contributed by atoms with Gasteiger partial charge in [0.05, 0.1) is 38.8 Å². The van der Waals surface area contributed by atoms with Crippen LogP contribution in [0.25, 0.3) is 0 Å². The Bertz CT molecular complexity index is 3160. The molecule has 17 nitrogen and oxygen atoms in total. The predicted molar refractivity (Wildman–Crippen MR) is 404 cm³/mol. The van der Waals surface area contributed by atoms with E-state index in [2.05, 4.69) is 62.3 Å². The minimum absolute atomic E-state index is 0.0226. The van der Waals surface area contributed by atoms with Crippen LogP contribution in [-0.2, 0) is 57.2 Å². The van der Waals surface area contributed by atoms with Crippen molar-refractivity contribution in [3.8, 4) is 17.2 Å². The lowest BCUT2D eigenvalue weighted by atomic mass is 9.47. The molecule has 15 rings (SSSR count). The molecule has 13 fully saturated rings. The Hall–Kier alpha value is -5.42. The van der Waals surface area contributed by atoms with Gasteiger partial charge in [-0.3, -0.25) is 24.0 Å². The molecular formula is C87H138O17. The number of esters is 6. The number of carbonyl (C=O) groups is 6. The number of hydrogen-bond donors (Lipinski definition) is 5. The Labute approximate surface area is 624 Å². The van der Waals surface area contributed by atoms with E-state index in [0.29, 0.717) is 72.9 Å². The Kier molecular flexibility index (Phi) is 28.4. The second-order valence-corrected chi connectivity index (χ2v) is 37.2. The van der Waals surface area contributed by atoms with Gasteiger partial charge in [-0.15, -0.1) is 0 Å². The van der Waals surface area contributed by atoms with Gasteiger partial charge in [0.1, 0.15) is 34.8 Å². The monoisotopic (exact) mass is 1450 g/mol. The summed E-state index contributed by atoms with van der Waals surface area (Å²) in [5.41, 5.74) is -2.13. The van der Waals surface area contributed by atoms with Gasteiger partial charge in [-0.05, 0) is 291 Å². The summed E-state index contributed by atoms with van der Waals surface area (Å²) in [7, 11) is 0. The number of phenols is 3. The molecule has 2 heterocycles. The molecule has 11 saturated carbocycles. The Morgan fingerprint density at radius 2 is 0.990 bits per heavy atom. The second-order valence-electron chi connectivity index (χ2n) is 37.2. The molecule has 2 aromatic rings. The summed E-state index contributed by atoms with van der Waals surface area (Å²) in [6.07, 6.45) is 22.6. The van der Waals surface area contributed by atoms with Gasteiger partial charge in [0.25, 0.3) is 0 Å². The molecule has 2 aliphatic heterocycles. The van der Waals surface area contributed by atoms with E-state index in [9.17, 15) is 44.1 Å². The Morgan fingerprint density at radius 1 is 0.519 bits per heavy atom. The molecule has 0 amide bonds. The molecule has 0 radical (unpaired) electrons. The van der Waals surface area contributed by atoms with E-state index in [1.54, 1.807) is 32.0 Å². The minimum Gasteiger partial charge on any atom is -0.508 e. The van der Waals surface area contributed by atoms with Crippen LogP contribution in [0.1, 0.15) is 322 Å². The fourth-order valence-corrected chi connectivity index (χ4v) is 18.9. The summed E-state index contributed by atoms with van der Waals surface area (Å²) < 4.78 is 34.3. The van der Waals surface area contributed by atoms with Crippen molar-refractivity contribution in [3.05, 3.63) is 53.6 Å². The number of carbonyl (C=O) groups excluding carboxylic acids is 6. The average Bonchev–Trinajstić information content (AvgIpc) is 0.785. The van der Waals surface area contributed by atoms with E-state index in [4.69, 9.17) is 38.6 Å². The first-order chi connectivity index (χ1) is 48.4. The fourth-order valence-electron chi connectivity index (χ4n) is 18.9. The lowest BCUT2D eigenvalue weighted by Gasteiger charge is -2.62. The maximum absolute atomic E-state index is 12.8. The van der Waals surface area contributed by atoms with Crippen molar-refractivity contribution >= 4 is 35.8 Å². The summed E-state index contributed by atoms with van der Waals surface area (Å²) in [5, 5.41) is 48.6. The number of fused-ring (bicyclic) bond motifs is 1. The second kappa shape index (κ2) is 34.4. The molecule has 588 valence electrons. The zero-order chi connectivity index (χ0) is 77.5. The smallest absolute Gasteiger partial charge is 0.344 e. The van der Waals surface area contributed by atoms with Crippen molar-refractivity contribution in [2.45, 2.75) is 351 Å². The van der Waals surface area contributed by atoms with E-state index in [1.165, 1.54) is 56.6 Å². The summed E-state index contributed by atoms with van der Waals surface area (Å²) in [6.45, 7) is 40.3. The summed E-state index contributed by atoms with van der Waals surface area (Å²) in [6, 6.07) is 12.4. The standard InChI is InChI=1S/C19H32O2.C18H26O6.C16H26O4.C14H26O2.C10H14O2.C10H14O/c1-6-18(4,5)17(20)21-19(12(2)3)15-8-13-7-14(10-15)11-16(19)9-13;1-4-18(2,3)17(21)22-9-14(19)24-15-11-5-10-6-12(8-11)16(20)23-13(15)7-10;1-4-13(2,3)12(17)20-16-7-11-5-14(18,9-16)8-15(19,6-11)10-16;1-6-13(4,5)12(15)16-14(11(2)3)9-7-8-10-14;1-3-7(2)8-4-5-9(11)10(12)6-8;1-3-8(2)9-4-6-10(11)7-5-9/h12-16H,6-11H2,1-5H3;10-13,15H,4-9H2,1-3H3;11,18-19H,4-10H2,1-3H3;11H,6-10H2,1-5H3;4-7,11-12H,3H2,1-2H3;4-8,11H,3H2,1-2H3. The van der Waals surface area contributed by atoms with Gasteiger partial charge < -0.3 is 54.0 Å². The van der Waals surface area contributed by atoms with Crippen LogP contribution in [0.3, 0.4) is 0 Å². The predicted octanol–water partition coefficient (Wildman–Crippen LogP) is 18.7. The van der Waals surface area contributed by atoms with Crippen LogP contribution >= 0.6 is 0 Å². The third-order valence-electron chi connectivity index (χ3n) is 27.1. The average molecular weight is 1460 g/mol. The van der Waals surface area contributed by atoms with Crippen LogP contribution in [0, 0.1) is 80.8 Å². The SMILES string of the molecule is CCC(C)(C)C(=O)OC1(C(C)C)C2CC3CC(C2)CC1C3.CCC(C)(C)C(=O)OC1(C(C)C)CCCC1.CCC(C)(C)C(=O)OC12CC3CC(O)(CC(O)(C3)C1)C2.CCC(C)(C)C(=O)OCC(=O)OC1C2CC3CC(C2)C(=O)OC1C3.CCC(C)c1ccc(O)c(O)c1.CCC(C)c1ccc(O)cc1. The van der Waals surface area contributed by atoms with Gasteiger partial charge in [-0.1, -0.05) is 101 Å². The highest BCUT2D eigenvalue weighted by molar-refractivity contribution is 5.80. The molecule has 2 saturated heterocycles.